The molecule has 0 amide bonds. The maximum atomic E-state index is 12.4. The van der Waals surface area contributed by atoms with Gasteiger partial charge in [0.1, 0.15) is 5.82 Å². The lowest BCUT2D eigenvalue weighted by atomic mass is 10.1. The number of hydrogen-bond acceptors (Lipinski definition) is 4. The second kappa shape index (κ2) is 7.10. The fourth-order valence-corrected chi connectivity index (χ4v) is 1.55. The van der Waals surface area contributed by atoms with Gasteiger partial charge in [0.25, 0.3) is 5.78 Å². The van der Waals surface area contributed by atoms with Crippen LogP contribution in [-0.2, 0) is 4.79 Å². The number of aromatic nitrogens is 1. The first-order valence-corrected chi connectivity index (χ1v) is 6.49. The van der Waals surface area contributed by atoms with Gasteiger partial charge in [0.05, 0.1) is 5.69 Å². The van der Waals surface area contributed by atoms with Crippen LogP contribution in [0.25, 0.3) is 0 Å². The van der Waals surface area contributed by atoms with Crippen molar-refractivity contribution in [2.45, 2.75) is 32.9 Å². The van der Waals surface area contributed by atoms with Gasteiger partial charge in [0.2, 0.25) is 0 Å². The van der Waals surface area contributed by atoms with Crippen LogP contribution in [0.2, 0.25) is 0 Å². The number of nitrogens with zero attached hydrogens (tertiary/aromatic N) is 1. The number of hydrogen-bond donors (Lipinski definition) is 2. The predicted molar refractivity (Wildman–Crippen MR) is 75.5 cm³/mol. The summed E-state index contributed by atoms with van der Waals surface area (Å²) in [4.78, 5) is 14.9. The summed E-state index contributed by atoms with van der Waals surface area (Å²) in [7, 11) is 0. The Morgan fingerprint density at radius 3 is 2.67 bits per heavy atom. The molecule has 21 heavy (non-hydrogen) atoms. The summed E-state index contributed by atoms with van der Waals surface area (Å²) in [5, 5.41) is 2.76. The van der Waals surface area contributed by atoms with E-state index in [4.69, 9.17) is 5.73 Å². The van der Waals surface area contributed by atoms with Crippen LogP contribution in [0.15, 0.2) is 30.1 Å². The van der Waals surface area contributed by atoms with Crippen molar-refractivity contribution in [3.63, 3.8) is 0 Å². The van der Waals surface area contributed by atoms with E-state index in [2.05, 4.69) is 10.3 Å². The number of nitrogen functional groups attached to an aromatic ring is 1. The monoisotopic (exact) mass is 301 g/mol. The van der Waals surface area contributed by atoms with Crippen molar-refractivity contribution in [2.75, 3.05) is 11.1 Å². The Hall–Kier alpha value is -2.05. The van der Waals surface area contributed by atoms with E-state index in [0.29, 0.717) is 30.5 Å². The summed E-state index contributed by atoms with van der Waals surface area (Å²) in [6.45, 7) is 3.89. The molecule has 0 spiro atoms. The van der Waals surface area contributed by atoms with Gasteiger partial charge in [0, 0.05) is 18.0 Å². The number of allylic oxidation sites excluding steroid dienone is 2. The summed E-state index contributed by atoms with van der Waals surface area (Å²) < 4.78 is 37.1. The van der Waals surface area contributed by atoms with Gasteiger partial charge in [-0.25, -0.2) is 4.98 Å². The van der Waals surface area contributed by atoms with Gasteiger partial charge in [-0.3, -0.25) is 4.79 Å². The summed E-state index contributed by atoms with van der Waals surface area (Å²) in [5.74, 6) is -1.44. The lowest BCUT2D eigenvalue weighted by Crippen LogP contribution is -2.21. The third-order valence-corrected chi connectivity index (χ3v) is 2.71. The molecule has 0 saturated heterocycles. The smallest absolute Gasteiger partial charge is 0.382 e. The van der Waals surface area contributed by atoms with Gasteiger partial charge < -0.3 is 11.1 Å². The molecule has 0 atom stereocenters. The lowest BCUT2D eigenvalue weighted by Gasteiger charge is -2.14. The first-order valence-electron chi connectivity index (χ1n) is 6.49. The van der Waals surface area contributed by atoms with Gasteiger partial charge in [-0.1, -0.05) is 13.8 Å². The zero-order chi connectivity index (χ0) is 16.0. The molecule has 0 saturated carbocycles. The average molecular weight is 301 g/mol. The molecule has 7 heteroatoms. The van der Waals surface area contributed by atoms with Crippen LogP contribution in [0.1, 0.15) is 26.7 Å². The molecule has 0 unspecified atom stereocenters. The SMILES string of the molecule is CC(C)CC/C(=C\C(=O)C(F)(F)F)Nc1cccnc1N. The number of pyridine rings is 1. The summed E-state index contributed by atoms with van der Waals surface area (Å²) >= 11 is 0. The van der Waals surface area contributed by atoms with Crippen LogP contribution in [0.3, 0.4) is 0 Å². The van der Waals surface area contributed by atoms with Crippen molar-refractivity contribution in [1.29, 1.82) is 0 Å². The van der Waals surface area contributed by atoms with Crippen molar-refractivity contribution in [2.24, 2.45) is 5.92 Å². The van der Waals surface area contributed by atoms with Crippen molar-refractivity contribution in [1.82, 2.24) is 4.98 Å². The maximum absolute atomic E-state index is 12.4. The first-order chi connectivity index (χ1) is 9.70. The Kier molecular flexibility index (Phi) is 5.75. The fraction of sp³-hybridized carbons (Fsp3) is 0.429. The van der Waals surface area contributed by atoms with Gasteiger partial charge >= 0.3 is 6.18 Å². The third-order valence-electron chi connectivity index (χ3n) is 2.71. The second-order valence-corrected chi connectivity index (χ2v) is 5.03. The third kappa shape index (κ3) is 5.85. The highest BCUT2D eigenvalue weighted by Gasteiger charge is 2.36. The number of ketones is 1. The highest BCUT2D eigenvalue weighted by molar-refractivity contribution is 5.95. The molecule has 116 valence electrons. The van der Waals surface area contributed by atoms with E-state index >= 15 is 0 Å². The van der Waals surface area contributed by atoms with Crippen LogP contribution in [0.4, 0.5) is 24.7 Å². The first kappa shape index (κ1) is 17.0. The molecule has 0 fully saturated rings. The molecule has 0 bridgehead atoms. The average Bonchev–Trinajstić information content (AvgIpc) is 2.37. The van der Waals surface area contributed by atoms with Crippen LogP contribution in [-0.4, -0.2) is 16.9 Å². The number of anilines is 2. The van der Waals surface area contributed by atoms with Crippen LogP contribution in [0.5, 0.6) is 0 Å². The number of carbonyl (C=O) groups excluding carboxylic acids is 1. The number of nitrogens with one attached hydrogen (secondary N) is 1. The van der Waals surface area contributed by atoms with E-state index in [-0.39, 0.29) is 11.5 Å². The summed E-state index contributed by atoms with van der Waals surface area (Å²) in [6.07, 6.45) is -1.88. The fourth-order valence-electron chi connectivity index (χ4n) is 1.55. The Morgan fingerprint density at radius 2 is 2.14 bits per heavy atom. The molecule has 1 aromatic rings. The van der Waals surface area contributed by atoms with Crippen molar-refractivity contribution < 1.29 is 18.0 Å². The number of rotatable bonds is 6. The van der Waals surface area contributed by atoms with Crippen LogP contribution >= 0.6 is 0 Å². The van der Waals surface area contributed by atoms with Gasteiger partial charge in [0.15, 0.2) is 0 Å². The van der Waals surface area contributed by atoms with Crippen molar-refractivity contribution in [3.8, 4) is 0 Å². The topological polar surface area (TPSA) is 68.0 Å². The van der Waals surface area contributed by atoms with Gasteiger partial charge in [-0.15, -0.1) is 0 Å². The van der Waals surface area contributed by atoms with E-state index < -0.39 is 12.0 Å². The van der Waals surface area contributed by atoms with Crippen molar-refractivity contribution in [3.05, 3.63) is 30.1 Å². The predicted octanol–water partition coefficient (Wildman–Crippen LogP) is 3.53. The Balaban J connectivity index is 2.95. The Morgan fingerprint density at radius 1 is 1.48 bits per heavy atom. The zero-order valence-corrected chi connectivity index (χ0v) is 11.9. The second-order valence-electron chi connectivity index (χ2n) is 5.03. The van der Waals surface area contributed by atoms with E-state index in [1.807, 2.05) is 13.8 Å². The Labute approximate surface area is 121 Å². The van der Waals surface area contributed by atoms with E-state index in [1.165, 1.54) is 6.20 Å². The normalized spacial score (nSPS) is 12.6. The number of halogens is 3. The zero-order valence-electron chi connectivity index (χ0n) is 11.9. The molecule has 1 rings (SSSR count). The van der Waals surface area contributed by atoms with E-state index in [9.17, 15) is 18.0 Å². The molecule has 1 heterocycles. The van der Waals surface area contributed by atoms with E-state index in [0.717, 1.165) is 0 Å². The molecular formula is C14H18F3N3O. The van der Waals surface area contributed by atoms with E-state index in [1.54, 1.807) is 12.1 Å². The van der Waals surface area contributed by atoms with Gasteiger partial charge in [-0.05, 0) is 30.9 Å². The largest absolute Gasteiger partial charge is 0.454 e. The van der Waals surface area contributed by atoms with Crippen LogP contribution < -0.4 is 11.1 Å². The minimum atomic E-state index is -4.88. The molecule has 0 aromatic carbocycles. The lowest BCUT2D eigenvalue weighted by molar-refractivity contribution is -0.165. The number of nitrogens with two attached hydrogens (primary N) is 1. The highest BCUT2D eigenvalue weighted by Crippen LogP contribution is 2.22. The molecule has 3 N–H and O–H groups in total. The number of alkyl halides is 3. The molecule has 0 aliphatic rings. The molecule has 0 aliphatic carbocycles. The quantitative estimate of drug-likeness (QED) is 0.789. The number of carbonyl (C=O) groups is 1. The van der Waals surface area contributed by atoms with Crippen molar-refractivity contribution >= 4 is 17.3 Å². The van der Waals surface area contributed by atoms with Gasteiger partial charge in [-0.2, -0.15) is 13.2 Å². The standard InChI is InChI=1S/C14H18F3N3O/c1-9(2)5-6-10(8-12(21)14(15,16)17)20-11-4-3-7-19-13(11)18/h3-4,7-9,20H,5-6H2,1-2H3,(H2,18,19)/b10-8+. The summed E-state index contributed by atoms with van der Waals surface area (Å²) in [6, 6.07) is 3.19. The molecular weight excluding hydrogens is 283 g/mol. The molecule has 0 radical (unpaired) electrons. The Bertz CT molecular complexity index is 524. The summed E-state index contributed by atoms with van der Waals surface area (Å²) in [5.41, 5.74) is 6.18. The van der Waals surface area contributed by atoms with Crippen LogP contribution in [0, 0.1) is 5.92 Å². The minimum Gasteiger partial charge on any atom is -0.382 e. The molecule has 1 aromatic heterocycles. The highest BCUT2D eigenvalue weighted by atomic mass is 19.4. The maximum Gasteiger partial charge on any atom is 0.454 e. The molecule has 4 nitrogen and oxygen atoms in total. The molecule has 0 aliphatic heterocycles. The minimum absolute atomic E-state index is 0.160.